The molecule has 7 heteroatoms. The quantitative estimate of drug-likeness (QED) is 0.590. The molecule has 0 bridgehead atoms. The number of nitrogens with zero attached hydrogens (tertiary/aromatic N) is 1. The zero-order chi connectivity index (χ0) is 21.6. The van der Waals surface area contributed by atoms with Gasteiger partial charge in [0.05, 0.1) is 5.56 Å². The number of rotatable bonds is 7. The minimum atomic E-state index is -4.39. The van der Waals surface area contributed by atoms with Crippen LogP contribution in [0.2, 0.25) is 0 Å². The third-order valence-corrected chi connectivity index (χ3v) is 6.56. The lowest BCUT2D eigenvalue weighted by Crippen LogP contribution is -2.43. The lowest BCUT2D eigenvalue weighted by Gasteiger charge is -2.32. The number of carbonyl (C=O) groups excluding carboxylic acids is 1. The van der Waals surface area contributed by atoms with Crippen molar-refractivity contribution in [3.05, 3.63) is 23.9 Å². The van der Waals surface area contributed by atoms with Crippen LogP contribution in [0.3, 0.4) is 0 Å². The van der Waals surface area contributed by atoms with Crippen LogP contribution in [0.5, 0.6) is 5.88 Å². The van der Waals surface area contributed by atoms with Crippen LogP contribution in [0.15, 0.2) is 18.3 Å². The maximum atomic E-state index is 12.6. The predicted molar refractivity (Wildman–Crippen MR) is 109 cm³/mol. The second kappa shape index (κ2) is 10.5. The second-order valence-corrected chi connectivity index (χ2v) is 8.84. The number of carbonyl (C=O) groups is 1. The van der Waals surface area contributed by atoms with Crippen LogP contribution >= 0.6 is 0 Å². The lowest BCUT2D eigenvalue weighted by atomic mass is 9.79. The molecule has 0 unspecified atom stereocenters. The van der Waals surface area contributed by atoms with E-state index in [1.54, 1.807) is 0 Å². The Labute approximate surface area is 177 Å². The van der Waals surface area contributed by atoms with E-state index in [4.69, 9.17) is 4.74 Å². The van der Waals surface area contributed by atoms with Crippen LogP contribution in [0, 0.1) is 11.8 Å². The molecule has 1 heterocycles. The fraction of sp³-hybridized carbons (Fsp3) is 0.739. The molecular weight excluding hydrogens is 393 g/mol. The van der Waals surface area contributed by atoms with Crippen molar-refractivity contribution >= 4 is 5.91 Å². The van der Waals surface area contributed by atoms with Gasteiger partial charge in [0.25, 0.3) is 0 Å². The van der Waals surface area contributed by atoms with Crippen molar-refractivity contribution in [3.63, 3.8) is 0 Å². The van der Waals surface area contributed by atoms with E-state index < -0.39 is 11.7 Å². The van der Waals surface area contributed by atoms with Gasteiger partial charge in [0.1, 0.15) is 6.10 Å². The number of unbranched alkanes of at least 4 members (excludes halogenated alkanes) is 1. The molecule has 2 fully saturated rings. The minimum absolute atomic E-state index is 0.0728. The molecule has 4 nitrogen and oxygen atoms in total. The third-order valence-electron chi connectivity index (χ3n) is 6.56. The molecule has 2 aliphatic rings. The fourth-order valence-electron chi connectivity index (χ4n) is 4.64. The highest BCUT2D eigenvalue weighted by atomic mass is 19.4. The van der Waals surface area contributed by atoms with Gasteiger partial charge < -0.3 is 10.1 Å². The van der Waals surface area contributed by atoms with E-state index in [2.05, 4.69) is 17.2 Å². The minimum Gasteiger partial charge on any atom is -0.474 e. The zero-order valence-corrected chi connectivity index (χ0v) is 17.7. The first kappa shape index (κ1) is 22.9. The number of nitrogens with one attached hydrogen (secondary N) is 1. The maximum absolute atomic E-state index is 12.6. The first-order valence-electron chi connectivity index (χ1n) is 11.4. The van der Waals surface area contributed by atoms with Gasteiger partial charge in [0, 0.05) is 24.2 Å². The van der Waals surface area contributed by atoms with Crippen molar-refractivity contribution < 1.29 is 22.7 Å². The van der Waals surface area contributed by atoms with Crippen molar-refractivity contribution in [2.24, 2.45) is 11.8 Å². The molecule has 0 spiro atoms. The van der Waals surface area contributed by atoms with Gasteiger partial charge in [-0.1, -0.05) is 26.2 Å². The maximum Gasteiger partial charge on any atom is 0.417 e. The number of halogens is 3. The van der Waals surface area contributed by atoms with Gasteiger partial charge in [-0.15, -0.1) is 0 Å². The van der Waals surface area contributed by atoms with Crippen molar-refractivity contribution in [2.45, 2.75) is 95.9 Å². The van der Waals surface area contributed by atoms with Gasteiger partial charge in [-0.3, -0.25) is 4.79 Å². The van der Waals surface area contributed by atoms with Gasteiger partial charge in [-0.25, -0.2) is 4.98 Å². The third kappa shape index (κ3) is 6.61. The highest BCUT2D eigenvalue weighted by Gasteiger charge is 2.32. The average Bonchev–Trinajstić information content (AvgIpc) is 2.74. The summed E-state index contributed by atoms with van der Waals surface area (Å²) in [5, 5.41) is 3.22. The fourth-order valence-corrected chi connectivity index (χ4v) is 4.64. The Morgan fingerprint density at radius 1 is 1.10 bits per heavy atom. The molecule has 0 aromatic carbocycles. The molecular formula is C23H33F3N2O2. The number of alkyl halides is 3. The Bertz CT molecular complexity index is 662. The highest BCUT2D eigenvalue weighted by Crippen LogP contribution is 2.33. The summed E-state index contributed by atoms with van der Waals surface area (Å²) in [6.45, 7) is 2.22. The molecule has 0 radical (unpaired) electrons. The summed E-state index contributed by atoms with van der Waals surface area (Å²) in [7, 11) is 0. The summed E-state index contributed by atoms with van der Waals surface area (Å²) in [6, 6.07) is 2.43. The normalized spacial score (nSPS) is 27.5. The van der Waals surface area contributed by atoms with Crippen LogP contribution in [-0.2, 0) is 11.0 Å². The number of ether oxygens (including phenoxy) is 1. The molecule has 2 aliphatic carbocycles. The molecule has 0 aliphatic heterocycles. The smallest absolute Gasteiger partial charge is 0.417 e. The standard InChI is InChI=1S/C23H33F3N2O2/c1-2-3-4-16-5-7-17(8-6-16)22(29)28-19-10-12-20(13-11-19)30-21-14-9-18(15-27-21)23(24,25)26/h9,14-17,19-20H,2-8,10-13H2,1H3,(H,28,29). The van der Waals surface area contributed by atoms with Gasteiger partial charge in [0.15, 0.2) is 0 Å². The molecule has 1 aromatic rings. The molecule has 30 heavy (non-hydrogen) atoms. The molecule has 1 N–H and O–H groups in total. The number of aromatic nitrogens is 1. The van der Waals surface area contributed by atoms with E-state index in [0.717, 1.165) is 56.7 Å². The van der Waals surface area contributed by atoms with Gasteiger partial charge >= 0.3 is 6.18 Å². The molecule has 2 saturated carbocycles. The first-order chi connectivity index (χ1) is 14.3. The Hall–Kier alpha value is -1.79. The lowest BCUT2D eigenvalue weighted by molar-refractivity contribution is -0.137. The van der Waals surface area contributed by atoms with Crippen LogP contribution in [-0.4, -0.2) is 23.0 Å². The van der Waals surface area contributed by atoms with E-state index in [1.807, 2.05) is 0 Å². The number of hydrogen-bond donors (Lipinski definition) is 1. The Balaban J connectivity index is 1.37. The molecule has 0 atom stereocenters. The number of pyridine rings is 1. The topological polar surface area (TPSA) is 51.2 Å². The average molecular weight is 427 g/mol. The van der Waals surface area contributed by atoms with E-state index in [9.17, 15) is 18.0 Å². The number of amides is 1. The van der Waals surface area contributed by atoms with Crippen LogP contribution in [0.1, 0.15) is 83.1 Å². The van der Waals surface area contributed by atoms with E-state index in [-0.39, 0.29) is 29.9 Å². The Morgan fingerprint density at radius 2 is 1.80 bits per heavy atom. The Morgan fingerprint density at radius 3 is 2.37 bits per heavy atom. The van der Waals surface area contributed by atoms with E-state index in [0.29, 0.717) is 0 Å². The largest absolute Gasteiger partial charge is 0.474 e. The molecule has 1 aromatic heterocycles. The summed E-state index contributed by atoms with van der Waals surface area (Å²) in [4.78, 5) is 16.4. The monoisotopic (exact) mass is 426 g/mol. The van der Waals surface area contributed by atoms with E-state index >= 15 is 0 Å². The summed E-state index contributed by atoms with van der Waals surface area (Å²) in [5.41, 5.74) is -0.777. The number of hydrogen-bond acceptors (Lipinski definition) is 3. The van der Waals surface area contributed by atoms with Crippen LogP contribution < -0.4 is 10.1 Å². The summed E-state index contributed by atoms with van der Waals surface area (Å²) in [5.74, 6) is 1.35. The predicted octanol–water partition coefficient (Wildman–Crippen LogP) is 5.90. The van der Waals surface area contributed by atoms with Crippen molar-refractivity contribution in [2.75, 3.05) is 0 Å². The molecule has 1 amide bonds. The first-order valence-corrected chi connectivity index (χ1v) is 11.4. The van der Waals surface area contributed by atoms with Gasteiger partial charge in [-0.05, 0) is 63.4 Å². The SMILES string of the molecule is CCCCC1CCC(C(=O)NC2CCC(Oc3ccc(C(F)(F)F)cn3)CC2)CC1. The molecule has 3 rings (SSSR count). The van der Waals surface area contributed by atoms with Crippen LogP contribution in [0.4, 0.5) is 13.2 Å². The highest BCUT2D eigenvalue weighted by molar-refractivity contribution is 5.79. The summed E-state index contributed by atoms with van der Waals surface area (Å²) >= 11 is 0. The Kier molecular flexibility index (Phi) is 8.00. The molecule has 0 saturated heterocycles. The zero-order valence-electron chi connectivity index (χ0n) is 17.7. The van der Waals surface area contributed by atoms with Crippen molar-refractivity contribution in [1.82, 2.24) is 10.3 Å². The molecule has 168 valence electrons. The van der Waals surface area contributed by atoms with Gasteiger partial charge in [0.2, 0.25) is 11.8 Å². The van der Waals surface area contributed by atoms with Crippen LogP contribution in [0.25, 0.3) is 0 Å². The van der Waals surface area contributed by atoms with Crippen molar-refractivity contribution in [3.8, 4) is 5.88 Å². The van der Waals surface area contributed by atoms with Crippen molar-refractivity contribution in [1.29, 1.82) is 0 Å². The van der Waals surface area contributed by atoms with Gasteiger partial charge in [-0.2, -0.15) is 13.2 Å². The second-order valence-electron chi connectivity index (χ2n) is 8.84. The summed E-state index contributed by atoms with van der Waals surface area (Å²) < 4.78 is 43.6. The summed E-state index contributed by atoms with van der Waals surface area (Å²) in [6.07, 6.45) is 7.65. The van der Waals surface area contributed by atoms with E-state index in [1.165, 1.54) is 38.2 Å².